The minimum atomic E-state index is -1.82. The van der Waals surface area contributed by atoms with Crippen LogP contribution in [0.15, 0.2) is 0 Å². The number of guanidine groups is 1. The largest absolute Gasteiger partial charge is 0.370 e. The Bertz CT molecular complexity index is 737. The zero-order valence-electron chi connectivity index (χ0n) is 30.2. The highest BCUT2D eigenvalue weighted by molar-refractivity contribution is 6.12. The molecule has 9 nitrogen and oxygen atoms in total. The molecular weight excluding hydrogens is 657 g/mol. The second kappa shape index (κ2) is 36.4. The minimum absolute atomic E-state index is 0. The number of halogens is 3. The van der Waals surface area contributed by atoms with Crippen molar-refractivity contribution in [2.45, 2.75) is 180 Å². The molecule has 12 heteroatoms. The lowest BCUT2D eigenvalue weighted by Crippen LogP contribution is -2.68. The van der Waals surface area contributed by atoms with Gasteiger partial charge in [-0.15, -0.1) is 37.2 Å². The molecule has 0 saturated carbocycles. The van der Waals surface area contributed by atoms with Crippen molar-refractivity contribution in [2.75, 3.05) is 26.2 Å². The Labute approximate surface area is 307 Å². The third-order valence-electron chi connectivity index (χ3n) is 8.84. The van der Waals surface area contributed by atoms with Crippen molar-refractivity contribution in [3.8, 4) is 0 Å². The molecule has 0 rings (SSSR count). The fourth-order valence-corrected chi connectivity index (χ4v) is 5.83. The summed E-state index contributed by atoms with van der Waals surface area (Å²) in [7, 11) is 0. The Balaban J connectivity index is -0.00000308. The van der Waals surface area contributed by atoms with Crippen LogP contribution in [0.25, 0.3) is 0 Å². The van der Waals surface area contributed by atoms with Crippen LogP contribution in [0.1, 0.15) is 168 Å². The summed E-state index contributed by atoms with van der Waals surface area (Å²) in [4.78, 5) is 28.9. The van der Waals surface area contributed by atoms with E-state index in [0.717, 1.165) is 32.1 Å². The van der Waals surface area contributed by atoms with Crippen molar-refractivity contribution in [1.29, 1.82) is 5.41 Å². The molecule has 0 saturated heterocycles. The predicted molar refractivity (Wildman–Crippen MR) is 209 cm³/mol. The Morgan fingerprint density at radius 2 is 1.00 bits per heavy atom. The number of hydrogen-bond donors (Lipinski definition) is 6. The molecule has 2 atom stereocenters. The van der Waals surface area contributed by atoms with E-state index in [9.17, 15) is 9.59 Å². The summed E-state index contributed by atoms with van der Waals surface area (Å²) in [6.07, 6.45) is 28.1. The SMILES string of the molecule is CCCCCCCCCCCCCCN(CCCCCCCCCCCC)C(=O)C(N)(CN)C(=O)C(N)CCCNC(=N)N.Cl.Cl.Cl. The molecule has 2 unspecified atom stereocenters. The molecule has 0 aromatic heterocycles. The number of carbonyl (C=O) groups is 2. The van der Waals surface area contributed by atoms with Crippen molar-refractivity contribution in [3.05, 3.63) is 0 Å². The van der Waals surface area contributed by atoms with Crippen LogP contribution in [0, 0.1) is 5.41 Å². The summed E-state index contributed by atoms with van der Waals surface area (Å²) in [6.45, 7) is 5.85. The van der Waals surface area contributed by atoms with Crippen molar-refractivity contribution in [3.63, 3.8) is 0 Å². The highest BCUT2D eigenvalue weighted by Crippen LogP contribution is 2.17. The standard InChI is InChI=1S/C35H73N7O2.3ClH/c1-3-5-7-9-11-13-15-16-18-20-22-24-29-42(28-23-21-19-17-14-12-10-8-6-4-2)33(44)35(40,30-36)32(43)31(37)26-25-27-41-34(38)39;;;/h31H,3-30,36-37,40H2,1-2H3,(H4,38,39,41);3*1H. The number of amides is 1. The Morgan fingerprint density at radius 3 is 1.32 bits per heavy atom. The zero-order valence-corrected chi connectivity index (χ0v) is 32.6. The average Bonchev–Trinajstić information content (AvgIpc) is 3.02. The second-order valence-corrected chi connectivity index (χ2v) is 13.0. The fraction of sp³-hybridized carbons (Fsp3) is 0.914. The van der Waals surface area contributed by atoms with Gasteiger partial charge >= 0.3 is 0 Å². The van der Waals surface area contributed by atoms with Gasteiger partial charge in [-0.2, -0.15) is 0 Å². The fourth-order valence-electron chi connectivity index (χ4n) is 5.83. The van der Waals surface area contributed by atoms with Crippen LogP contribution in [-0.4, -0.2) is 60.3 Å². The summed E-state index contributed by atoms with van der Waals surface area (Å²) in [6, 6.07) is -0.896. The number of rotatable bonds is 32. The first-order valence-corrected chi connectivity index (χ1v) is 18.4. The third-order valence-corrected chi connectivity index (χ3v) is 8.84. The smallest absolute Gasteiger partial charge is 0.251 e. The van der Waals surface area contributed by atoms with Gasteiger partial charge in [0.25, 0.3) is 5.91 Å². The van der Waals surface area contributed by atoms with Gasteiger partial charge in [0.2, 0.25) is 0 Å². The van der Waals surface area contributed by atoms with Gasteiger partial charge in [-0.25, -0.2) is 0 Å². The monoisotopic (exact) mass is 732 g/mol. The summed E-state index contributed by atoms with van der Waals surface area (Å²) in [5.74, 6) is -1.02. The van der Waals surface area contributed by atoms with E-state index in [1.54, 1.807) is 4.90 Å². The number of nitrogens with one attached hydrogen (secondary N) is 2. The first-order chi connectivity index (χ1) is 21.2. The molecular formula is C35H76Cl3N7O2. The maximum absolute atomic E-state index is 13.8. The van der Waals surface area contributed by atoms with E-state index < -0.39 is 17.4 Å². The molecule has 0 aliphatic rings. The number of nitrogens with two attached hydrogens (primary N) is 4. The van der Waals surface area contributed by atoms with E-state index in [4.69, 9.17) is 28.3 Å². The van der Waals surface area contributed by atoms with E-state index in [0.29, 0.717) is 32.5 Å². The quantitative estimate of drug-likeness (QED) is 0.0179. The Hall–Kier alpha value is -0.840. The topological polar surface area (TPSA) is 177 Å². The molecule has 0 radical (unpaired) electrons. The predicted octanol–water partition coefficient (Wildman–Crippen LogP) is 7.52. The Morgan fingerprint density at radius 1 is 0.660 bits per heavy atom. The zero-order chi connectivity index (χ0) is 32.9. The summed E-state index contributed by atoms with van der Waals surface area (Å²) < 4.78 is 0. The molecule has 0 bridgehead atoms. The van der Waals surface area contributed by atoms with Crippen LogP contribution in [0.5, 0.6) is 0 Å². The van der Waals surface area contributed by atoms with Gasteiger partial charge in [0, 0.05) is 26.2 Å². The van der Waals surface area contributed by atoms with E-state index in [1.807, 2.05) is 0 Å². The highest BCUT2D eigenvalue weighted by Gasteiger charge is 2.45. The maximum Gasteiger partial charge on any atom is 0.251 e. The van der Waals surface area contributed by atoms with Gasteiger partial charge in [-0.1, -0.05) is 142 Å². The molecule has 47 heavy (non-hydrogen) atoms. The van der Waals surface area contributed by atoms with Gasteiger partial charge < -0.3 is 33.2 Å². The van der Waals surface area contributed by atoms with Crippen molar-refractivity contribution < 1.29 is 9.59 Å². The number of hydrogen-bond acceptors (Lipinski definition) is 6. The Kier molecular flexibility index (Phi) is 41.1. The molecule has 0 aromatic rings. The van der Waals surface area contributed by atoms with Gasteiger partial charge in [0.15, 0.2) is 17.3 Å². The first-order valence-electron chi connectivity index (χ1n) is 18.4. The lowest BCUT2D eigenvalue weighted by molar-refractivity contribution is -0.143. The molecule has 1 amide bonds. The van der Waals surface area contributed by atoms with E-state index >= 15 is 0 Å². The number of ketones is 1. The van der Waals surface area contributed by atoms with E-state index in [2.05, 4.69) is 19.2 Å². The average molecular weight is 733 g/mol. The van der Waals surface area contributed by atoms with Crippen LogP contribution in [-0.2, 0) is 9.59 Å². The molecule has 0 fully saturated rings. The van der Waals surface area contributed by atoms with Gasteiger partial charge in [-0.3, -0.25) is 15.0 Å². The van der Waals surface area contributed by atoms with E-state index in [1.165, 1.54) is 109 Å². The maximum atomic E-state index is 13.8. The van der Waals surface area contributed by atoms with Crippen LogP contribution >= 0.6 is 37.2 Å². The lowest BCUT2D eigenvalue weighted by atomic mass is 9.87. The third kappa shape index (κ3) is 27.6. The molecule has 0 aliphatic carbocycles. The normalized spacial score (nSPS) is 12.5. The molecule has 284 valence electrons. The summed E-state index contributed by atoms with van der Waals surface area (Å²) in [5, 5.41) is 9.96. The number of nitrogens with zero attached hydrogens (tertiary/aromatic N) is 1. The van der Waals surface area contributed by atoms with Gasteiger partial charge in [0.1, 0.15) is 0 Å². The molecule has 0 aliphatic heterocycles. The number of carbonyl (C=O) groups excluding carboxylic acids is 2. The minimum Gasteiger partial charge on any atom is -0.370 e. The lowest BCUT2D eigenvalue weighted by Gasteiger charge is -2.34. The molecule has 0 spiro atoms. The second-order valence-electron chi connectivity index (χ2n) is 13.0. The van der Waals surface area contributed by atoms with Crippen LogP contribution in [0.3, 0.4) is 0 Å². The number of Topliss-reactive ketones (excluding diaryl/α,β-unsaturated/α-hetero) is 1. The molecule has 0 aromatic carbocycles. The van der Waals surface area contributed by atoms with Crippen molar-refractivity contribution in [2.24, 2.45) is 22.9 Å². The summed E-state index contributed by atoms with van der Waals surface area (Å²) in [5.41, 5.74) is 22.2. The highest BCUT2D eigenvalue weighted by atomic mass is 35.5. The molecule has 10 N–H and O–H groups in total. The van der Waals surface area contributed by atoms with Crippen LogP contribution in [0.2, 0.25) is 0 Å². The van der Waals surface area contributed by atoms with Crippen LogP contribution in [0.4, 0.5) is 0 Å². The summed E-state index contributed by atoms with van der Waals surface area (Å²) >= 11 is 0. The van der Waals surface area contributed by atoms with Gasteiger partial charge in [-0.05, 0) is 25.7 Å². The first kappa shape index (κ1) is 53.0. The van der Waals surface area contributed by atoms with Crippen LogP contribution < -0.4 is 28.3 Å². The number of unbranched alkanes of at least 4 members (excludes halogenated alkanes) is 20. The van der Waals surface area contributed by atoms with E-state index in [-0.39, 0.29) is 55.6 Å². The van der Waals surface area contributed by atoms with Crippen molar-refractivity contribution in [1.82, 2.24) is 10.2 Å². The molecule has 0 heterocycles. The van der Waals surface area contributed by atoms with Crippen molar-refractivity contribution >= 4 is 54.9 Å². The van der Waals surface area contributed by atoms with Gasteiger partial charge in [0.05, 0.1) is 6.04 Å².